The summed E-state index contributed by atoms with van der Waals surface area (Å²) >= 11 is 0. The molecule has 5 nitrogen and oxygen atoms in total. The highest BCUT2D eigenvalue weighted by molar-refractivity contribution is 5.20. The second kappa shape index (κ2) is 7.80. The number of nitrogens with zero attached hydrogens (tertiary/aromatic N) is 3. The SMILES string of the molecule is Cn1ccnc1CN(CCCOc1ccccc1)[C@H]1CC12CCNCC2. The van der Waals surface area contributed by atoms with Gasteiger partial charge in [0.05, 0.1) is 13.2 Å². The summed E-state index contributed by atoms with van der Waals surface area (Å²) in [6, 6.07) is 10.8. The average molecular weight is 354 g/mol. The van der Waals surface area contributed by atoms with E-state index in [-0.39, 0.29) is 0 Å². The third-order valence-electron chi connectivity index (χ3n) is 6.05. The van der Waals surface area contributed by atoms with Crippen molar-refractivity contribution in [2.45, 2.75) is 38.3 Å². The summed E-state index contributed by atoms with van der Waals surface area (Å²) in [6.07, 6.45) is 8.96. The molecular weight excluding hydrogens is 324 g/mol. The summed E-state index contributed by atoms with van der Waals surface area (Å²) in [4.78, 5) is 7.21. The monoisotopic (exact) mass is 354 g/mol. The van der Waals surface area contributed by atoms with Crippen LogP contribution in [0, 0.1) is 5.41 Å². The first kappa shape index (κ1) is 17.6. The zero-order valence-electron chi connectivity index (χ0n) is 15.7. The van der Waals surface area contributed by atoms with Crippen LogP contribution in [0.15, 0.2) is 42.7 Å². The van der Waals surface area contributed by atoms with Gasteiger partial charge in [0.25, 0.3) is 0 Å². The van der Waals surface area contributed by atoms with Crippen LogP contribution >= 0.6 is 0 Å². The minimum Gasteiger partial charge on any atom is -0.494 e. The fraction of sp³-hybridized carbons (Fsp3) is 0.571. The molecule has 1 saturated carbocycles. The van der Waals surface area contributed by atoms with E-state index in [0.29, 0.717) is 11.5 Å². The van der Waals surface area contributed by atoms with Crippen molar-refractivity contribution in [3.05, 3.63) is 48.5 Å². The number of benzene rings is 1. The summed E-state index contributed by atoms with van der Waals surface area (Å²) < 4.78 is 8.04. The van der Waals surface area contributed by atoms with Gasteiger partial charge in [-0.1, -0.05) is 18.2 Å². The second-order valence-electron chi connectivity index (χ2n) is 7.77. The van der Waals surface area contributed by atoms with Crippen molar-refractivity contribution >= 4 is 0 Å². The van der Waals surface area contributed by atoms with E-state index < -0.39 is 0 Å². The summed E-state index contributed by atoms with van der Waals surface area (Å²) in [7, 11) is 2.09. The lowest BCUT2D eigenvalue weighted by atomic mass is 9.93. The lowest BCUT2D eigenvalue weighted by Crippen LogP contribution is -2.37. The molecule has 140 valence electrons. The van der Waals surface area contributed by atoms with Crippen LogP contribution in [0.1, 0.15) is 31.5 Å². The van der Waals surface area contributed by atoms with E-state index in [0.717, 1.165) is 37.7 Å². The van der Waals surface area contributed by atoms with Crippen LogP contribution in [0.4, 0.5) is 0 Å². The number of hydrogen-bond acceptors (Lipinski definition) is 4. The van der Waals surface area contributed by atoms with Gasteiger partial charge in [-0.05, 0) is 56.3 Å². The maximum absolute atomic E-state index is 5.89. The van der Waals surface area contributed by atoms with E-state index in [1.54, 1.807) is 0 Å². The molecule has 0 unspecified atom stereocenters. The predicted molar refractivity (Wildman–Crippen MR) is 103 cm³/mol. The molecule has 26 heavy (non-hydrogen) atoms. The maximum atomic E-state index is 5.89. The lowest BCUT2D eigenvalue weighted by molar-refractivity contribution is 0.175. The zero-order chi connectivity index (χ0) is 17.8. The second-order valence-corrected chi connectivity index (χ2v) is 7.77. The molecule has 0 bridgehead atoms. The van der Waals surface area contributed by atoms with Crippen LogP contribution < -0.4 is 10.1 Å². The van der Waals surface area contributed by atoms with Crippen molar-refractivity contribution in [2.24, 2.45) is 12.5 Å². The number of ether oxygens (including phenoxy) is 1. The Kier molecular flexibility index (Phi) is 5.27. The zero-order valence-corrected chi connectivity index (χ0v) is 15.7. The summed E-state index contributed by atoms with van der Waals surface area (Å²) in [5.74, 6) is 2.12. The molecule has 2 heterocycles. The Hall–Kier alpha value is -1.85. The average Bonchev–Trinajstić information content (AvgIpc) is 3.20. The standard InChI is InChI=1S/C21H30N4O/c1-24-14-12-23-20(24)17-25(19-16-21(19)8-10-22-11-9-21)13-5-15-26-18-6-3-2-4-7-18/h2-4,6-7,12,14,19,22H,5,8-11,13,15-17H2,1H3/t19-/m0/s1. The van der Waals surface area contributed by atoms with E-state index in [2.05, 4.69) is 26.8 Å². The number of rotatable bonds is 8. The minimum atomic E-state index is 0.552. The molecule has 1 aliphatic carbocycles. The number of piperidine rings is 1. The third kappa shape index (κ3) is 3.94. The van der Waals surface area contributed by atoms with E-state index in [1.165, 1.54) is 32.4 Å². The van der Waals surface area contributed by atoms with Gasteiger partial charge in [-0.3, -0.25) is 4.90 Å². The summed E-state index contributed by atoms with van der Waals surface area (Å²) in [6.45, 7) is 5.12. The van der Waals surface area contributed by atoms with Gasteiger partial charge in [0.15, 0.2) is 0 Å². The fourth-order valence-corrected chi connectivity index (χ4v) is 4.35. The number of nitrogens with one attached hydrogen (secondary N) is 1. The molecule has 4 rings (SSSR count). The van der Waals surface area contributed by atoms with Crippen molar-refractivity contribution in [1.82, 2.24) is 19.8 Å². The molecule has 1 aromatic heterocycles. The molecule has 2 fully saturated rings. The molecule has 0 radical (unpaired) electrons. The van der Waals surface area contributed by atoms with Crippen LogP contribution in [0.5, 0.6) is 5.75 Å². The van der Waals surface area contributed by atoms with Gasteiger partial charge >= 0.3 is 0 Å². The Labute approximate surface area is 156 Å². The van der Waals surface area contributed by atoms with Gasteiger partial charge in [-0.15, -0.1) is 0 Å². The highest BCUT2D eigenvalue weighted by Crippen LogP contribution is 2.55. The van der Waals surface area contributed by atoms with Crippen molar-refractivity contribution in [3.63, 3.8) is 0 Å². The van der Waals surface area contributed by atoms with Gasteiger partial charge in [-0.2, -0.15) is 0 Å². The third-order valence-corrected chi connectivity index (χ3v) is 6.05. The van der Waals surface area contributed by atoms with Gasteiger partial charge in [0, 0.05) is 32.0 Å². The smallest absolute Gasteiger partial charge is 0.122 e. The van der Waals surface area contributed by atoms with E-state index in [1.807, 2.05) is 42.7 Å². The lowest BCUT2D eigenvalue weighted by Gasteiger charge is -2.29. The molecule has 1 atom stereocenters. The van der Waals surface area contributed by atoms with Crippen LogP contribution in [-0.4, -0.2) is 46.7 Å². The topological polar surface area (TPSA) is 42.3 Å². The van der Waals surface area contributed by atoms with Gasteiger partial charge in [-0.25, -0.2) is 4.98 Å². The van der Waals surface area contributed by atoms with Gasteiger partial charge in [0.2, 0.25) is 0 Å². The molecule has 0 amide bonds. The molecule has 1 aromatic carbocycles. The normalized spacial score (nSPS) is 21.2. The van der Waals surface area contributed by atoms with Crippen molar-refractivity contribution < 1.29 is 4.74 Å². The Morgan fingerprint density at radius 2 is 2.08 bits per heavy atom. The molecule has 1 saturated heterocycles. The van der Waals surface area contributed by atoms with Crippen molar-refractivity contribution in [3.8, 4) is 5.75 Å². The first-order chi connectivity index (χ1) is 12.8. The van der Waals surface area contributed by atoms with E-state index >= 15 is 0 Å². The Morgan fingerprint density at radius 1 is 1.27 bits per heavy atom. The van der Waals surface area contributed by atoms with Gasteiger partial charge in [0.1, 0.15) is 11.6 Å². The van der Waals surface area contributed by atoms with Crippen LogP contribution in [-0.2, 0) is 13.6 Å². The number of imidazole rings is 1. The first-order valence-corrected chi connectivity index (χ1v) is 9.86. The Bertz CT molecular complexity index is 693. The van der Waals surface area contributed by atoms with Crippen LogP contribution in [0.2, 0.25) is 0 Å². The predicted octanol–water partition coefficient (Wildman–Crippen LogP) is 2.83. The number of aromatic nitrogens is 2. The highest BCUT2D eigenvalue weighted by Gasteiger charge is 2.56. The Morgan fingerprint density at radius 3 is 2.81 bits per heavy atom. The molecule has 2 aliphatic rings. The number of aryl methyl sites for hydroxylation is 1. The van der Waals surface area contributed by atoms with E-state index in [4.69, 9.17) is 4.74 Å². The maximum Gasteiger partial charge on any atom is 0.122 e. The Balaban J connectivity index is 1.34. The molecule has 1 spiro atoms. The molecular formula is C21H30N4O. The van der Waals surface area contributed by atoms with Crippen LogP contribution in [0.3, 0.4) is 0 Å². The largest absolute Gasteiger partial charge is 0.494 e. The minimum absolute atomic E-state index is 0.552. The van der Waals surface area contributed by atoms with Crippen LogP contribution in [0.25, 0.3) is 0 Å². The van der Waals surface area contributed by atoms with Crippen molar-refractivity contribution in [2.75, 3.05) is 26.2 Å². The van der Waals surface area contributed by atoms with Crippen molar-refractivity contribution in [1.29, 1.82) is 0 Å². The quantitative estimate of drug-likeness (QED) is 0.740. The molecule has 5 heteroatoms. The number of hydrogen-bond donors (Lipinski definition) is 1. The molecule has 1 N–H and O–H groups in total. The van der Waals surface area contributed by atoms with E-state index in [9.17, 15) is 0 Å². The highest BCUT2D eigenvalue weighted by atomic mass is 16.5. The molecule has 2 aromatic rings. The fourth-order valence-electron chi connectivity index (χ4n) is 4.35. The molecule has 1 aliphatic heterocycles. The summed E-state index contributed by atoms with van der Waals surface area (Å²) in [5.41, 5.74) is 0.552. The summed E-state index contributed by atoms with van der Waals surface area (Å²) in [5, 5.41) is 3.51. The van der Waals surface area contributed by atoms with Gasteiger partial charge < -0.3 is 14.6 Å². The first-order valence-electron chi connectivity index (χ1n) is 9.86. The number of para-hydroxylation sites is 1.